The first-order chi connectivity index (χ1) is 6.59. The van der Waals surface area contributed by atoms with Gasteiger partial charge in [0, 0.05) is 16.2 Å². The summed E-state index contributed by atoms with van der Waals surface area (Å²) in [4.78, 5) is 0. The fourth-order valence-electron chi connectivity index (χ4n) is 1.61. The molecule has 0 saturated carbocycles. The van der Waals surface area contributed by atoms with Crippen LogP contribution < -0.4 is 5.32 Å². The third kappa shape index (κ3) is 3.70. The minimum absolute atomic E-state index is 0.522. The third-order valence-electron chi connectivity index (χ3n) is 2.10. The van der Waals surface area contributed by atoms with Gasteiger partial charge in [0.25, 0.3) is 0 Å². The Bertz CT molecular complexity index is 283. The van der Waals surface area contributed by atoms with Crippen LogP contribution in [0.25, 0.3) is 0 Å². The lowest BCUT2D eigenvalue weighted by atomic mass is 10.1. The lowest BCUT2D eigenvalue weighted by Gasteiger charge is -2.18. The molecule has 78 valence electrons. The average Bonchev–Trinajstić information content (AvgIpc) is 2.07. The lowest BCUT2D eigenvalue weighted by molar-refractivity contribution is 0.539. The molecule has 0 aliphatic heterocycles. The number of halogens is 1. The van der Waals surface area contributed by atoms with Crippen molar-refractivity contribution in [1.29, 1.82) is 0 Å². The molecule has 14 heavy (non-hydrogen) atoms. The average molecular weight is 256 g/mol. The van der Waals surface area contributed by atoms with E-state index in [0.717, 1.165) is 10.4 Å². The standard InChI is InChI=1S/C12H18BrN/c1-9(2)8-10(3)14-12-7-5-4-6-11(12)13/h4-7,9-10,14H,8H2,1-3H3/t10-/m0/s1. The van der Waals surface area contributed by atoms with E-state index in [9.17, 15) is 0 Å². The van der Waals surface area contributed by atoms with Gasteiger partial charge in [0.05, 0.1) is 0 Å². The maximum absolute atomic E-state index is 3.53. The van der Waals surface area contributed by atoms with Crippen molar-refractivity contribution in [3.63, 3.8) is 0 Å². The van der Waals surface area contributed by atoms with Gasteiger partial charge in [-0.15, -0.1) is 0 Å². The van der Waals surface area contributed by atoms with E-state index in [1.54, 1.807) is 0 Å². The van der Waals surface area contributed by atoms with Crippen LogP contribution in [0.4, 0.5) is 5.69 Å². The molecule has 0 amide bonds. The van der Waals surface area contributed by atoms with Crippen molar-refractivity contribution < 1.29 is 0 Å². The molecule has 1 rings (SSSR count). The van der Waals surface area contributed by atoms with Gasteiger partial charge in [-0.3, -0.25) is 0 Å². The van der Waals surface area contributed by atoms with Crippen molar-refractivity contribution in [2.75, 3.05) is 5.32 Å². The largest absolute Gasteiger partial charge is 0.382 e. The lowest BCUT2D eigenvalue weighted by Crippen LogP contribution is -2.17. The molecule has 0 bridgehead atoms. The molecular formula is C12H18BrN. The summed E-state index contributed by atoms with van der Waals surface area (Å²) in [6, 6.07) is 8.76. The first-order valence-electron chi connectivity index (χ1n) is 5.10. The molecule has 0 aromatic heterocycles. The monoisotopic (exact) mass is 255 g/mol. The van der Waals surface area contributed by atoms with Gasteiger partial charge >= 0.3 is 0 Å². The summed E-state index contributed by atoms with van der Waals surface area (Å²) in [6.45, 7) is 6.72. The van der Waals surface area contributed by atoms with Crippen molar-refractivity contribution in [2.24, 2.45) is 5.92 Å². The van der Waals surface area contributed by atoms with Crippen molar-refractivity contribution in [2.45, 2.75) is 33.2 Å². The van der Waals surface area contributed by atoms with E-state index in [4.69, 9.17) is 0 Å². The Kier molecular flexibility index (Phi) is 4.46. The molecular weight excluding hydrogens is 238 g/mol. The van der Waals surface area contributed by atoms with E-state index in [0.29, 0.717) is 6.04 Å². The van der Waals surface area contributed by atoms with Crippen LogP contribution in [0.1, 0.15) is 27.2 Å². The number of anilines is 1. The van der Waals surface area contributed by atoms with Crippen LogP contribution in [0.5, 0.6) is 0 Å². The molecule has 2 heteroatoms. The fourth-order valence-corrected chi connectivity index (χ4v) is 2.01. The van der Waals surface area contributed by atoms with Crippen LogP contribution in [0.2, 0.25) is 0 Å². The summed E-state index contributed by atoms with van der Waals surface area (Å²) in [7, 11) is 0. The van der Waals surface area contributed by atoms with Gasteiger partial charge in [-0.25, -0.2) is 0 Å². The number of para-hydroxylation sites is 1. The third-order valence-corrected chi connectivity index (χ3v) is 2.79. The molecule has 0 aliphatic rings. The Hall–Kier alpha value is -0.500. The normalized spacial score (nSPS) is 12.9. The molecule has 0 fully saturated rings. The van der Waals surface area contributed by atoms with Crippen LogP contribution in [0, 0.1) is 5.92 Å². The topological polar surface area (TPSA) is 12.0 Å². The van der Waals surface area contributed by atoms with E-state index in [-0.39, 0.29) is 0 Å². The highest BCUT2D eigenvalue weighted by atomic mass is 79.9. The van der Waals surface area contributed by atoms with Crippen molar-refractivity contribution >= 4 is 21.6 Å². The molecule has 1 aromatic rings. The highest BCUT2D eigenvalue weighted by Gasteiger charge is 2.05. The van der Waals surface area contributed by atoms with Crippen molar-refractivity contribution in [1.82, 2.24) is 0 Å². The van der Waals surface area contributed by atoms with E-state index in [1.807, 2.05) is 6.07 Å². The van der Waals surface area contributed by atoms with Gasteiger partial charge in [-0.1, -0.05) is 26.0 Å². The molecule has 0 saturated heterocycles. The first kappa shape index (κ1) is 11.6. The molecule has 0 spiro atoms. The first-order valence-corrected chi connectivity index (χ1v) is 5.90. The SMILES string of the molecule is CC(C)C[C@H](C)Nc1ccccc1Br. The predicted molar refractivity (Wildman–Crippen MR) is 66.7 cm³/mol. The molecule has 1 atom stereocenters. The van der Waals surface area contributed by atoms with Crippen molar-refractivity contribution in [3.05, 3.63) is 28.7 Å². The summed E-state index contributed by atoms with van der Waals surface area (Å²) in [5, 5.41) is 3.49. The Labute approximate surface area is 95.0 Å². The zero-order valence-electron chi connectivity index (χ0n) is 9.05. The minimum Gasteiger partial charge on any atom is -0.382 e. The zero-order chi connectivity index (χ0) is 10.6. The fraction of sp³-hybridized carbons (Fsp3) is 0.500. The van der Waals surface area contributed by atoms with E-state index in [1.165, 1.54) is 12.1 Å². The second kappa shape index (κ2) is 5.40. The van der Waals surface area contributed by atoms with Gasteiger partial charge in [0.1, 0.15) is 0 Å². The highest BCUT2D eigenvalue weighted by molar-refractivity contribution is 9.10. The van der Waals surface area contributed by atoms with Crippen LogP contribution in [-0.4, -0.2) is 6.04 Å². The summed E-state index contributed by atoms with van der Waals surface area (Å²) in [6.07, 6.45) is 1.20. The van der Waals surface area contributed by atoms with E-state index < -0.39 is 0 Å². The molecule has 0 unspecified atom stereocenters. The Morgan fingerprint density at radius 1 is 1.21 bits per heavy atom. The zero-order valence-corrected chi connectivity index (χ0v) is 10.6. The van der Waals surface area contributed by atoms with E-state index in [2.05, 4.69) is 60.2 Å². The second-order valence-electron chi connectivity index (χ2n) is 4.15. The molecule has 1 N–H and O–H groups in total. The predicted octanol–water partition coefficient (Wildman–Crippen LogP) is 4.30. The quantitative estimate of drug-likeness (QED) is 0.847. The maximum atomic E-state index is 3.53. The molecule has 1 aromatic carbocycles. The van der Waals surface area contributed by atoms with Gasteiger partial charge < -0.3 is 5.32 Å². The van der Waals surface area contributed by atoms with Crippen molar-refractivity contribution in [3.8, 4) is 0 Å². The van der Waals surface area contributed by atoms with Gasteiger partial charge in [-0.2, -0.15) is 0 Å². The minimum atomic E-state index is 0.522. The van der Waals surface area contributed by atoms with Gasteiger partial charge in [0.2, 0.25) is 0 Å². The number of rotatable bonds is 4. The Morgan fingerprint density at radius 3 is 2.43 bits per heavy atom. The summed E-state index contributed by atoms with van der Waals surface area (Å²) < 4.78 is 1.13. The molecule has 0 aliphatic carbocycles. The van der Waals surface area contributed by atoms with E-state index >= 15 is 0 Å². The van der Waals surface area contributed by atoms with Crippen LogP contribution in [0.3, 0.4) is 0 Å². The number of nitrogens with one attached hydrogen (secondary N) is 1. The van der Waals surface area contributed by atoms with Crippen LogP contribution >= 0.6 is 15.9 Å². The smallest absolute Gasteiger partial charge is 0.0486 e. The number of hydrogen-bond acceptors (Lipinski definition) is 1. The Morgan fingerprint density at radius 2 is 1.86 bits per heavy atom. The molecule has 0 radical (unpaired) electrons. The summed E-state index contributed by atoms with van der Waals surface area (Å²) >= 11 is 3.53. The second-order valence-corrected chi connectivity index (χ2v) is 5.01. The maximum Gasteiger partial charge on any atom is 0.0486 e. The Balaban J connectivity index is 2.56. The van der Waals surface area contributed by atoms with Gasteiger partial charge in [-0.05, 0) is 47.3 Å². The number of hydrogen-bond donors (Lipinski definition) is 1. The number of benzene rings is 1. The molecule has 1 nitrogen and oxygen atoms in total. The molecule has 0 heterocycles. The van der Waals surface area contributed by atoms with Crippen LogP contribution in [-0.2, 0) is 0 Å². The summed E-state index contributed by atoms with van der Waals surface area (Å²) in [5.74, 6) is 0.736. The summed E-state index contributed by atoms with van der Waals surface area (Å²) in [5.41, 5.74) is 1.18. The van der Waals surface area contributed by atoms with Crippen LogP contribution in [0.15, 0.2) is 28.7 Å². The van der Waals surface area contributed by atoms with Gasteiger partial charge in [0.15, 0.2) is 0 Å². The highest BCUT2D eigenvalue weighted by Crippen LogP contribution is 2.22.